The lowest BCUT2D eigenvalue weighted by Gasteiger charge is -1.71. The highest BCUT2D eigenvalue weighted by atomic mass is 24.3. The Bertz CT molecular complexity index is 99.1. The minimum Gasteiger partial charge on any atom is -0.481 e. The highest BCUT2D eigenvalue weighted by molar-refractivity contribution is 5.75. The second kappa shape index (κ2) is 12.4. The molecule has 0 aliphatic carbocycles. The number of carbonyl (C=O) groups is 2. The molecule has 2 N–H and O–H groups in total. The van der Waals surface area contributed by atoms with Gasteiger partial charge in [-0.2, -0.15) is 0 Å². The van der Waals surface area contributed by atoms with E-state index >= 15 is 0 Å². The molecule has 4 nitrogen and oxygen atoms in total. The van der Waals surface area contributed by atoms with Gasteiger partial charge >= 0.3 is 11.9 Å². The first-order valence-electron chi connectivity index (χ1n) is 2.98. The summed E-state index contributed by atoms with van der Waals surface area (Å²) in [6, 6.07) is 0. The van der Waals surface area contributed by atoms with Gasteiger partial charge in [-0.05, 0) is 0 Å². The Kier molecular flexibility index (Phi) is 19.1. The Labute approximate surface area is 81.8 Å². The number of hydrogen-bond acceptors (Lipinski definition) is 2. The molecule has 0 saturated heterocycles. The van der Waals surface area contributed by atoms with Crippen LogP contribution in [0.25, 0.3) is 0 Å². The minimum atomic E-state index is -0.745. The zero-order chi connectivity index (χ0) is 8.57. The Morgan fingerprint density at radius 1 is 1.00 bits per heavy atom. The summed E-state index contributed by atoms with van der Waals surface area (Å²) in [7, 11) is 0. The summed E-state index contributed by atoms with van der Waals surface area (Å²) in [5.74, 6) is -1.49. The maximum atomic E-state index is 9.37. The molecule has 0 aromatic rings. The van der Waals surface area contributed by atoms with E-state index < -0.39 is 11.9 Å². The van der Waals surface area contributed by atoms with Gasteiger partial charge in [-0.1, -0.05) is 13.8 Å². The number of rotatable bonds is 2. The smallest absolute Gasteiger partial charge is 0.303 e. The number of carboxylic acid groups (broad SMARTS) is 2. The molecule has 62 valence electrons. The molecule has 0 aliphatic rings. The average molecular weight is 172 g/mol. The van der Waals surface area contributed by atoms with Crippen LogP contribution in [0, 0.1) is 0 Å². The van der Waals surface area contributed by atoms with Crippen LogP contribution in [0.3, 0.4) is 0 Å². The predicted molar refractivity (Wildman–Crippen MR) is 41.6 cm³/mol. The lowest BCUT2D eigenvalue weighted by atomic mass is 10.5. The van der Waals surface area contributed by atoms with E-state index in [1.807, 2.05) is 0 Å². The summed E-state index contributed by atoms with van der Waals surface area (Å²) in [4.78, 5) is 18.7. The monoisotopic (exact) mass is 172 g/mol. The first-order valence-corrected chi connectivity index (χ1v) is 2.98. The zero-order valence-corrected chi connectivity index (χ0v) is 8.25. The maximum absolute atomic E-state index is 9.37. The van der Waals surface area contributed by atoms with E-state index in [1.54, 1.807) is 13.8 Å². The average Bonchev–Trinajstić information content (AvgIpc) is 1.89. The Balaban J connectivity index is -0.000000107. The summed E-state index contributed by atoms with van der Waals surface area (Å²) in [5.41, 5.74) is 0. The van der Waals surface area contributed by atoms with Gasteiger partial charge in [0.25, 0.3) is 0 Å². The summed E-state index contributed by atoms with van der Waals surface area (Å²) in [6.07, 6.45) is 0.444. The van der Waals surface area contributed by atoms with Gasteiger partial charge in [0.2, 0.25) is 0 Å². The second-order valence-electron chi connectivity index (χ2n) is 1.49. The van der Waals surface area contributed by atoms with Crippen molar-refractivity contribution in [2.45, 2.75) is 26.7 Å². The van der Waals surface area contributed by atoms with Crippen molar-refractivity contribution in [3.05, 3.63) is 0 Å². The summed E-state index contributed by atoms with van der Waals surface area (Å²) < 4.78 is 0. The fourth-order valence-corrected chi connectivity index (χ4v) is 0. The number of aliphatic carboxylic acids is 2. The van der Waals surface area contributed by atoms with Gasteiger partial charge in [-0.25, -0.2) is 0 Å². The Morgan fingerprint density at radius 3 is 1.09 bits per heavy atom. The molecule has 0 unspecified atom stereocenters. The topological polar surface area (TPSA) is 74.6 Å². The minimum absolute atomic E-state index is 0. The van der Waals surface area contributed by atoms with Crippen LogP contribution in [0.1, 0.15) is 26.7 Å². The van der Waals surface area contributed by atoms with Gasteiger partial charge in [-0.15, -0.1) is 0 Å². The number of carboxylic acids is 2. The van der Waals surface area contributed by atoms with E-state index in [9.17, 15) is 9.59 Å². The standard InChI is InChI=1S/2C3H6O2.Mg/c2*1-2-3(4)5;/h2*2H2,1H3,(H,4,5);. The third kappa shape index (κ3) is 42.0. The van der Waals surface area contributed by atoms with Crippen molar-refractivity contribution in [2.75, 3.05) is 0 Å². The van der Waals surface area contributed by atoms with Crippen molar-refractivity contribution in [3.8, 4) is 0 Å². The quantitative estimate of drug-likeness (QED) is 0.598. The van der Waals surface area contributed by atoms with E-state index in [0.717, 1.165) is 0 Å². The van der Waals surface area contributed by atoms with E-state index in [2.05, 4.69) is 0 Å². The zero-order valence-electron chi connectivity index (χ0n) is 6.83. The highest BCUT2D eigenvalue weighted by Crippen LogP contribution is 1.67. The lowest BCUT2D eigenvalue weighted by Crippen LogP contribution is -1.86. The molecule has 0 aromatic heterocycles. The van der Waals surface area contributed by atoms with Crippen molar-refractivity contribution in [2.24, 2.45) is 0 Å². The predicted octanol–water partition coefficient (Wildman–Crippen LogP) is 0.581. The van der Waals surface area contributed by atoms with Crippen molar-refractivity contribution < 1.29 is 19.8 Å². The first-order chi connectivity index (χ1) is 4.54. The molecule has 0 heterocycles. The van der Waals surface area contributed by atoms with Gasteiger partial charge in [0, 0.05) is 35.9 Å². The molecular formula is C6H12MgO4. The molecule has 0 saturated carbocycles. The SMILES string of the molecule is CCC(=O)O.CCC(=O)O.[Mg]. The normalized spacial score (nSPS) is 6.73. The molecule has 0 bridgehead atoms. The molecule has 5 heteroatoms. The van der Waals surface area contributed by atoms with Gasteiger partial charge < -0.3 is 10.2 Å². The molecule has 2 radical (unpaired) electrons. The lowest BCUT2D eigenvalue weighted by molar-refractivity contribution is -0.137. The third-order valence-electron chi connectivity index (χ3n) is 0.605. The fraction of sp³-hybridized carbons (Fsp3) is 0.667. The largest absolute Gasteiger partial charge is 0.481 e. The van der Waals surface area contributed by atoms with Crippen molar-refractivity contribution in [1.29, 1.82) is 0 Å². The maximum Gasteiger partial charge on any atom is 0.303 e. The van der Waals surface area contributed by atoms with E-state index in [-0.39, 0.29) is 35.9 Å². The third-order valence-corrected chi connectivity index (χ3v) is 0.605. The number of hydrogen-bond donors (Lipinski definition) is 2. The van der Waals surface area contributed by atoms with Gasteiger partial charge in [-0.3, -0.25) is 9.59 Å². The second-order valence-corrected chi connectivity index (χ2v) is 1.49. The summed E-state index contributed by atoms with van der Waals surface area (Å²) in [5, 5.41) is 15.4. The first kappa shape index (κ1) is 17.0. The van der Waals surface area contributed by atoms with Gasteiger partial charge in [0.15, 0.2) is 0 Å². The van der Waals surface area contributed by atoms with Crippen molar-refractivity contribution in [3.63, 3.8) is 0 Å². The van der Waals surface area contributed by atoms with Crippen LogP contribution in [0.15, 0.2) is 0 Å². The summed E-state index contributed by atoms with van der Waals surface area (Å²) >= 11 is 0. The summed E-state index contributed by atoms with van der Waals surface area (Å²) in [6.45, 7) is 3.20. The van der Waals surface area contributed by atoms with Crippen LogP contribution in [0.5, 0.6) is 0 Å². The van der Waals surface area contributed by atoms with Gasteiger partial charge in [0.1, 0.15) is 0 Å². The molecule has 0 fully saturated rings. The Morgan fingerprint density at radius 2 is 1.09 bits per heavy atom. The van der Waals surface area contributed by atoms with Crippen molar-refractivity contribution in [1.82, 2.24) is 0 Å². The van der Waals surface area contributed by atoms with Crippen molar-refractivity contribution >= 4 is 35.0 Å². The molecule has 0 aromatic carbocycles. The van der Waals surface area contributed by atoms with E-state index in [0.29, 0.717) is 0 Å². The van der Waals surface area contributed by atoms with Crippen LogP contribution in [-0.2, 0) is 9.59 Å². The van der Waals surface area contributed by atoms with Crippen LogP contribution >= 0.6 is 0 Å². The fourth-order valence-electron chi connectivity index (χ4n) is 0. The molecule has 0 amide bonds. The van der Waals surface area contributed by atoms with Crippen LogP contribution < -0.4 is 0 Å². The van der Waals surface area contributed by atoms with Crippen LogP contribution in [0.2, 0.25) is 0 Å². The van der Waals surface area contributed by atoms with E-state index in [4.69, 9.17) is 10.2 Å². The molecule has 0 spiro atoms. The molecule has 0 aliphatic heterocycles. The highest BCUT2D eigenvalue weighted by Gasteiger charge is 1.81. The van der Waals surface area contributed by atoms with Crippen LogP contribution in [0.4, 0.5) is 0 Å². The van der Waals surface area contributed by atoms with E-state index in [1.165, 1.54) is 0 Å². The van der Waals surface area contributed by atoms with Gasteiger partial charge in [0.05, 0.1) is 0 Å². The molecule has 11 heavy (non-hydrogen) atoms. The molecule has 0 rings (SSSR count). The Hall–Kier alpha value is -0.294. The molecular weight excluding hydrogens is 160 g/mol. The van der Waals surface area contributed by atoms with Crippen LogP contribution in [-0.4, -0.2) is 45.2 Å². The molecule has 0 atom stereocenters.